The van der Waals surface area contributed by atoms with Gasteiger partial charge in [0.25, 0.3) is 0 Å². The van der Waals surface area contributed by atoms with E-state index in [4.69, 9.17) is 9.47 Å². The van der Waals surface area contributed by atoms with Gasteiger partial charge in [0.2, 0.25) is 0 Å². The molecule has 0 spiro atoms. The normalized spacial score (nSPS) is 13.3. The van der Waals surface area contributed by atoms with Crippen LogP contribution >= 0.6 is 0 Å². The van der Waals surface area contributed by atoms with E-state index in [0.29, 0.717) is 32.3 Å². The molecule has 0 aliphatic heterocycles. The molecule has 21 heavy (non-hydrogen) atoms. The van der Waals surface area contributed by atoms with Crippen LogP contribution in [0.4, 0.5) is 0 Å². The average Bonchev–Trinajstić information content (AvgIpc) is 2.81. The third kappa shape index (κ3) is 7.62. The minimum Gasteiger partial charge on any atom is -0.389 e. The van der Waals surface area contributed by atoms with E-state index < -0.39 is 6.10 Å². The Hall–Kier alpha value is -0.880. The molecule has 0 aliphatic carbocycles. The summed E-state index contributed by atoms with van der Waals surface area (Å²) in [5, 5.41) is 10.1. The van der Waals surface area contributed by atoms with E-state index >= 15 is 0 Å². The van der Waals surface area contributed by atoms with Gasteiger partial charge in [0.05, 0.1) is 19.3 Å². The fourth-order valence-electron chi connectivity index (χ4n) is 2.14. The maximum Gasteiger partial charge on any atom is 0.0900 e. The van der Waals surface area contributed by atoms with Crippen LogP contribution in [0.15, 0.2) is 18.3 Å². The van der Waals surface area contributed by atoms with E-state index in [1.165, 1.54) is 5.69 Å². The lowest BCUT2D eigenvalue weighted by atomic mass is 10.2. The zero-order chi connectivity index (χ0) is 15.7. The molecule has 1 aromatic heterocycles. The Bertz CT molecular complexity index is 379. The Morgan fingerprint density at radius 1 is 1.33 bits per heavy atom. The van der Waals surface area contributed by atoms with Crippen molar-refractivity contribution >= 4 is 0 Å². The topological polar surface area (TPSA) is 46.9 Å². The molecule has 1 aromatic rings. The molecular formula is C16H30N2O3. The molecule has 1 N–H and O–H groups in total. The second-order valence-corrected chi connectivity index (χ2v) is 5.92. The molecule has 1 rings (SSSR count). The molecule has 0 saturated heterocycles. The maximum atomic E-state index is 10.1. The summed E-state index contributed by atoms with van der Waals surface area (Å²) >= 11 is 0. The summed E-state index contributed by atoms with van der Waals surface area (Å²) in [7, 11) is 3.73. The van der Waals surface area contributed by atoms with Crippen molar-refractivity contribution in [3.05, 3.63) is 24.0 Å². The molecule has 0 amide bonds. The Morgan fingerprint density at radius 2 is 2.10 bits per heavy atom. The summed E-state index contributed by atoms with van der Waals surface area (Å²) in [5.41, 5.74) is 1.22. The van der Waals surface area contributed by atoms with Gasteiger partial charge in [0, 0.05) is 52.3 Å². The molecule has 122 valence electrons. The second kappa shape index (κ2) is 9.95. The van der Waals surface area contributed by atoms with Crippen LogP contribution in [0.2, 0.25) is 0 Å². The minimum absolute atomic E-state index is 0.384. The van der Waals surface area contributed by atoms with Crippen LogP contribution in [-0.4, -0.2) is 60.7 Å². The van der Waals surface area contributed by atoms with Crippen LogP contribution in [0.5, 0.6) is 0 Å². The molecule has 0 bridgehead atoms. The number of nitrogens with zero attached hydrogens (tertiary/aromatic N) is 2. The Kier molecular flexibility index (Phi) is 8.61. The predicted molar refractivity (Wildman–Crippen MR) is 84.2 cm³/mol. The van der Waals surface area contributed by atoms with Crippen LogP contribution in [0, 0.1) is 5.92 Å². The number of rotatable bonds is 11. The third-order valence-corrected chi connectivity index (χ3v) is 3.28. The first kappa shape index (κ1) is 18.2. The number of hydrogen-bond acceptors (Lipinski definition) is 4. The molecule has 0 aromatic carbocycles. The van der Waals surface area contributed by atoms with Crippen LogP contribution in [-0.2, 0) is 23.1 Å². The first-order valence-electron chi connectivity index (χ1n) is 7.60. The monoisotopic (exact) mass is 298 g/mol. The van der Waals surface area contributed by atoms with Crippen LogP contribution in [0.1, 0.15) is 19.5 Å². The summed E-state index contributed by atoms with van der Waals surface area (Å²) in [6, 6.07) is 4.13. The molecule has 0 aliphatic rings. The summed E-state index contributed by atoms with van der Waals surface area (Å²) in [4.78, 5) is 2.20. The van der Waals surface area contributed by atoms with Crippen LogP contribution in [0.25, 0.3) is 0 Å². The number of aliphatic hydroxyl groups is 1. The SMILES string of the molecule is COCCN(Cc1cccn1C)CC(O)COCC(C)C. The van der Waals surface area contributed by atoms with E-state index in [9.17, 15) is 5.11 Å². The number of aromatic nitrogens is 1. The lowest BCUT2D eigenvalue weighted by Crippen LogP contribution is -2.37. The van der Waals surface area contributed by atoms with Crippen LogP contribution < -0.4 is 0 Å². The van der Waals surface area contributed by atoms with Crippen LogP contribution in [0.3, 0.4) is 0 Å². The van der Waals surface area contributed by atoms with Crippen molar-refractivity contribution in [2.24, 2.45) is 13.0 Å². The predicted octanol–water partition coefficient (Wildman–Crippen LogP) is 1.51. The Labute approximate surface area is 128 Å². The summed E-state index contributed by atoms with van der Waals surface area (Å²) in [6.45, 7) is 8.12. The largest absolute Gasteiger partial charge is 0.389 e. The third-order valence-electron chi connectivity index (χ3n) is 3.28. The fraction of sp³-hybridized carbons (Fsp3) is 0.750. The molecule has 0 saturated carbocycles. The van der Waals surface area contributed by atoms with Gasteiger partial charge < -0.3 is 19.1 Å². The standard InChI is InChI=1S/C16H30N2O3/c1-14(2)12-21-13-16(19)11-18(8-9-20-4)10-15-6-5-7-17(15)3/h5-7,14,16,19H,8-13H2,1-4H3. The molecule has 1 atom stereocenters. The average molecular weight is 298 g/mol. The van der Waals surface area contributed by atoms with Crippen molar-refractivity contribution in [3.63, 3.8) is 0 Å². The molecular weight excluding hydrogens is 268 g/mol. The quantitative estimate of drug-likeness (QED) is 0.673. The zero-order valence-electron chi connectivity index (χ0n) is 13.8. The maximum absolute atomic E-state index is 10.1. The van der Waals surface area contributed by atoms with Gasteiger partial charge in [-0.25, -0.2) is 0 Å². The number of aliphatic hydroxyl groups excluding tert-OH is 1. The highest BCUT2D eigenvalue weighted by molar-refractivity contribution is 5.06. The Morgan fingerprint density at radius 3 is 2.67 bits per heavy atom. The Balaban J connectivity index is 2.43. The molecule has 0 radical (unpaired) electrons. The van der Waals surface area contributed by atoms with Gasteiger partial charge in [-0.2, -0.15) is 0 Å². The second-order valence-electron chi connectivity index (χ2n) is 5.92. The summed E-state index contributed by atoms with van der Waals surface area (Å²) in [6.07, 6.45) is 1.56. The van der Waals surface area contributed by atoms with Crippen molar-refractivity contribution in [1.82, 2.24) is 9.47 Å². The van der Waals surface area contributed by atoms with Gasteiger partial charge in [-0.05, 0) is 18.1 Å². The molecule has 5 heteroatoms. The van der Waals surface area contributed by atoms with Crippen molar-refractivity contribution in [2.45, 2.75) is 26.5 Å². The van der Waals surface area contributed by atoms with E-state index in [2.05, 4.69) is 29.4 Å². The molecule has 1 unspecified atom stereocenters. The van der Waals surface area contributed by atoms with Crippen molar-refractivity contribution in [2.75, 3.05) is 40.0 Å². The van der Waals surface area contributed by atoms with Crippen molar-refractivity contribution < 1.29 is 14.6 Å². The molecule has 1 heterocycles. The lowest BCUT2D eigenvalue weighted by Gasteiger charge is -2.25. The van der Waals surface area contributed by atoms with Gasteiger partial charge >= 0.3 is 0 Å². The lowest BCUT2D eigenvalue weighted by molar-refractivity contribution is 0.00304. The highest BCUT2D eigenvalue weighted by Crippen LogP contribution is 2.06. The molecule has 0 fully saturated rings. The summed E-state index contributed by atoms with van der Waals surface area (Å²) in [5.74, 6) is 0.491. The summed E-state index contributed by atoms with van der Waals surface area (Å²) < 4.78 is 12.8. The van der Waals surface area contributed by atoms with Crippen molar-refractivity contribution in [1.29, 1.82) is 0 Å². The van der Waals surface area contributed by atoms with Gasteiger partial charge in [0.1, 0.15) is 0 Å². The van der Waals surface area contributed by atoms with Gasteiger partial charge in [0.15, 0.2) is 0 Å². The fourth-order valence-corrected chi connectivity index (χ4v) is 2.14. The number of methoxy groups -OCH3 is 1. The number of ether oxygens (including phenoxy) is 2. The smallest absolute Gasteiger partial charge is 0.0900 e. The van der Waals surface area contributed by atoms with E-state index in [1.807, 2.05) is 19.3 Å². The molecule has 5 nitrogen and oxygen atoms in total. The highest BCUT2D eigenvalue weighted by Gasteiger charge is 2.14. The highest BCUT2D eigenvalue weighted by atomic mass is 16.5. The zero-order valence-corrected chi connectivity index (χ0v) is 13.8. The van der Waals surface area contributed by atoms with Gasteiger partial charge in [-0.15, -0.1) is 0 Å². The van der Waals surface area contributed by atoms with Gasteiger partial charge in [-0.3, -0.25) is 4.90 Å². The minimum atomic E-state index is -0.471. The van der Waals surface area contributed by atoms with E-state index in [-0.39, 0.29) is 0 Å². The van der Waals surface area contributed by atoms with Gasteiger partial charge in [-0.1, -0.05) is 13.8 Å². The van der Waals surface area contributed by atoms with E-state index in [0.717, 1.165) is 13.1 Å². The number of aryl methyl sites for hydroxylation is 1. The van der Waals surface area contributed by atoms with Crippen molar-refractivity contribution in [3.8, 4) is 0 Å². The first-order valence-corrected chi connectivity index (χ1v) is 7.60. The van der Waals surface area contributed by atoms with E-state index in [1.54, 1.807) is 7.11 Å². The number of hydrogen-bond donors (Lipinski definition) is 1. The first-order chi connectivity index (χ1) is 10.0.